The zero-order valence-electron chi connectivity index (χ0n) is 15.1. The Labute approximate surface area is 153 Å². The molecule has 2 aromatic carbocycles. The van der Waals surface area contributed by atoms with E-state index in [1.165, 1.54) is 22.3 Å². The third kappa shape index (κ3) is 2.87. The molecule has 136 valence electrons. The molecule has 1 aliphatic carbocycles. The lowest BCUT2D eigenvalue weighted by Gasteiger charge is -2.22. The van der Waals surface area contributed by atoms with Crippen molar-refractivity contribution in [3.8, 4) is 11.1 Å². The van der Waals surface area contributed by atoms with Gasteiger partial charge in [0.2, 0.25) is 0 Å². The number of ether oxygens (including phenoxy) is 1. The summed E-state index contributed by atoms with van der Waals surface area (Å²) in [7, 11) is 3.82. The Hall–Kier alpha value is -2.37. The maximum atomic E-state index is 12.5. The lowest BCUT2D eigenvalue weighted by molar-refractivity contribution is 0.0981. The minimum atomic E-state index is -0.537. The predicted octanol–water partition coefficient (Wildman–Crippen LogP) is 2.54. The largest absolute Gasteiger partial charge is 0.448 e. The van der Waals surface area contributed by atoms with Gasteiger partial charge in [-0.2, -0.15) is 0 Å². The molecule has 1 amide bonds. The molecule has 0 spiro atoms. The maximum absolute atomic E-state index is 12.5. The Morgan fingerprint density at radius 2 is 1.65 bits per heavy atom. The molecule has 1 saturated heterocycles. The zero-order valence-corrected chi connectivity index (χ0v) is 15.1. The van der Waals surface area contributed by atoms with E-state index in [1.54, 1.807) is 4.90 Å². The molecule has 0 unspecified atom stereocenters. The molecule has 1 fully saturated rings. The number of likely N-dealkylation sites (tertiary alicyclic amines) is 1. The normalized spacial score (nSPS) is 21.8. The van der Waals surface area contributed by atoms with Gasteiger partial charge in [-0.25, -0.2) is 4.79 Å². The number of aliphatic hydroxyl groups is 1. The minimum absolute atomic E-state index is 0.0458. The van der Waals surface area contributed by atoms with Crippen LogP contribution in [0.1, 0.15) is 17.0 Å². The standard InChI is InChI=1S/C21H24N2O3/c1-22(2)19-11-23(12-20(19)24)21(25)26-13-18-16-9-5-3-7-14(16)15-8-4-6-10-17(15)18/h3-10,18-20,24H,11-13H2,1-2H3/t19-,20+/m1/s1. The third-order valence-corrected chi connectivity index (χ3v) is 5.52. The molecular formula is C21H24N2O3. The molecule has 0 bridgehead atoms. The Bertz CT molecular complexity index is 775. The van der Waals surface area contributed by atoms with E-state index in [2.05, 4.69) is 24.3 Å². The van der Waals surface area contributed by atoms with Crippen LogP contribution < -0.4 is 0 Å². The summed E-state index contributed by atoms with van der Waals surface area (Å²) < 4.78 is 5.66. The van der Waals surface area contributed by atoms with E-state index in [-0.39, 0.29) is 18.1 Å². The summed E-state index contributed by atoms with van der Waals surface area (Å²) >= 11 is 0. The fraction of sp³-hybridized carbons (Fsp3) is 0.381. The third-order valence-electron chi connectivity index (χ3n) is 5.52. The second-order valence-electron chi connectivity index (χ2n) is 7.31. The van der Waals surface area contributed by atoms with Crippen LogP contribution in [0.5, 0.6) is 0 Å². The van der Waals surface area contributed by atoms with Crippen LogP contribution in [0.25, 0.3) is 11.1 Å². The summed E-state index contributed by atoms with van der Waals surface area (Å²) in [6, 6.07) is 16.5. The average Bonchev–Trinajstić information content (AvgIpc) is 3.18. The molecule has 1 aliphatic heterocycles. The van der Waals surface area contributed by atoms with Crippen molar-refractivity contribution in [2.24, 2.45) is 0 Å². The van der Waals surface area contributed by atoms with Crippen molar-refractivity contribution in [2.75, 3.05) is 33.8 Å². The fourth-order valence-electron chi connectivity index (χ4n) is 4.11. The van der Waals surface area contributed by atoms with Crippen LogP contribution in [-0.2, 0) is 4.74 Å². The van der Waals surface area contributed by atoms with E-state index in [1.807, 2.05) is 43.3 Å². The Balaban J connectivity index is 1.48. The molecule has 5 nitrogen and oxygen atoms in total. The SMILES string of the molecule is CN(C)[C@@H]1CN(C(=O)OCC2c3ccccc3-c3ccccc32)C[C@@H]1O. The molecule has 1 heterocycles. The molecule has 2 atom stereocenters. The van der Waals surface area contributed by atoms with Gasteiger partial charge in [0, 0.05) is 12.5 Å². The van der Waals surface area contributed by atoms with Crippen molar-refractivity contribution >= 4 is 6.09 Å². The highest BCUT2D eigenvalue weighted by Crippen LogP contribution is 2.44. The number of rotatable bonds is 3. The van der Waals surface area contributed by atoms with E-state index < -0.39 is 6.10 Å². The highest BCUT2D eigenvalue weighted by atomic mass is 16.6. The molecule has 0 aromatic heterocycles. The molecule has 2 aliphatic rings. The number of carbonyl (C=O) groups excluding carboxylic acids is 1. The Morgan fingerprint density at radius 3 is 2.19 bits per heavy atom. The molecule has 0 saturated carbocycles. The number of hydrogen-bond donors (Lipinski definition) is 1. The van der Waals surface area contributed by atoms with E-state index in [0.29, 0.717) is 19.7 Å². The van der Waals surface area contributed by atoms with Crippen LogP contribution in [0.2, 0.25) is 0 Å². The fourth-order valence-corrected chi connectivity index (χ4v) is 4.11. The molecule has 26 heavy (non-hydrogen) atoms. The van der Waals surface area contributed by atoms with Crippen molar-refractivity contribution in [2.45, 2.75) is 18.1 Å². The number of carbonyl (C=O) groups is 1. The van der Waals surface area contributed by atoms with Crippen LogP contribution in [0, 0.1) is 0 Å². The first-order valence-electron chi connectivity index (χ1n) is 9.00. The molecular weight excluding hydrogens is 328 g/mol. The van der Waals surface area contributed by atoms with Crippen LogP contribution in [0.15, 0.2) is 48.5 Å². The second-order valence-corrected chi connectivity index (χ2v) is 7.31. The maximum Gasteiger partial charge on any atom is 0.409 e. The summed E-state index contributed by atoms with van der Waals surface area (Å²) in [5.74, 6) is 0.0588. The summed E-state index contributed by atoms with van der Waals surface area (Å²) in [6.07, 6.45) is -0.888. The van der Waals surface area contributed by atoms with Gasteiger partial charge in [0.15, 0.2) is 0 Å². The van der Waals surface area contributed by atoms with E-state index >= 15 is 0 Å². The van der Waals surface area contributed by atoms with Gasteiger partial charge in [0.25, 0.3) is 0 Å². The van der Waals surface area contributed by atoms with Crippen LogP contribution in [-0.4, -0.2) is 66.9 Å². The summed E-state index contributed by atoms with van der Waals surface area (Å²) in [5, 5.41) is 10.1. The van der Waals surface area contributed by atoms with Crippen LogP contribution in [0.3, 0.4) is 0 Å². The predicted molar refractivity (Wildman–Crippen MR) is 100 cm³/mol. The van der Waals surface area contributed by atoms with Gasteiger partial charge in [0.1, 0.15) is 6.61 Å². The second kappa shape index (κ2) is 6.74. The summed E-state index contributed by atoms with van der Waals surface area (Å²) in [5.41, 5.74) is 4.84. The number of β-amino-alcohol motifs (C(OH)–C–C–N with tert-alkyl or cyclic N) is 1. The minimum Gasteiger partial charge on any atom is -0.448 e. The van der Waals surface area contributed by atoms with Gasteiger partial charge in [-0.3, -0.25) is 0 Å². The molecule has 5 heteroatoms. The van der Waals surface area contributed by atoms with Gasteiger partial charge in [-0.1, -0.05) is 48.5 Å². The summed E-state index contributed by atoms with van der Waals surface area (Å²) in [4.78, 5) is 16.1. The van der Waals surface area contributed by atoms with E-state index in [9.17, 15) is 9.90 Å². The highest BCUT2D eigenvalue weighted by molar-refractivity contribution is 5.79. The van der Waals surface area contributed by atoms with Crippen molar-refractivity contribution in [1.29, 1.82) is 0 Å². The monoisotopic (exact) mass is 352 g/mol. The first-order valence-corrected chi connectivity index (χ1v) is 9.00. The lowest BCUT2D eigenvalue weighted by Crippen LogP contribution is -2.38. The summed E-state index contributed by atoms with van der Waals surface area (Å²) in [6.45, 7) is 1.12. The Kier molecular flexibility index (Phi) is 4.42. The lowest BCUT2D eigenvalue weighted by atomic mass is 9.98. The van der Waals surface area contributed by atoms with Gasteiger partial charge < -0.3 is 19.6 Å². The van der Waals surface area contributed by atoms with Gasteiger partial charge in [-0.05, 0) is 36.3 Å². The number of likely N-dealkylation sites (N-methyl/N-ethyl adjacent to an activating group) is 1. The number of aliphatic hydroxyl groups excluding tert-OH is 1. The smallest absolute Gasteiger partial charge is 0.409 e. The van der Waals surface area contributed by atoms with Crippen molar-refractivity contribution in [3.63, 3.8) is 0 Å². The molecule has 2 aromatic rings. The highest BCUT2D eigenvalue weighted by Gasteiger charge is 2.37. The number of nitrogens with zero attached hydrogens (tertiary/aromatic N) is 2. The van der Waals surface area contributed by atoms with Crippen LogP contribution >= 0.6 is 0 Å². The van der Waals surface area contributed by atoms with Crippen molar-refractivity contribution < 1.29 is 14.6 Å². The molecule has 1 N–H and O–H groups in total. The van der Waals surface area contributed by atoms with Crippen LogP contribution in [0.4, 0.5) is 4.79 Å². The quantitative estimate of drug-likeness (QED) is 0.922. The number of fused-ring (bicyclic) bond motifs is 3. The number of amides is 1. The average molecular weight is 352 g/mol. The van der Waals surface area contributed by atoms with Crippen molar-refractivity contribution in [1.82, 2.24) is 9.80 Å². The first-order chi connectivity index (χ1) is 12.6. The zero-order chi connectivity index (χ0) is 18.3. The van der Waals surface area contributed by atoms with E-state index in [4.69, 9.17) is 4.74 Å². The van der Waals surface area contributed by atoms with Gasteiger partial charge >= 0.3 is 6.09 Å². The topological polar surface area (TPSA) is 53.0 Å². The van der Waals surface area contributed by atoms with E-state index in [0.717, 1.165) is 0 Å². The van der Waals surface area contributed by atoms with Gasteiger partial charge in [0.05, 0.1) is 18.7 Å². The number of hydrogen-bond acceptors (Lipinski definition) is 4. The van der Waals surface area contributed by atoms with Crippen molar-refractivity contribution in [3.05, 3.63) is 59.7 Å². The van der Waals surface area contributed by atoms with Gasteiger partial charge in [-0.15, -0.1) is 0 Å². The molecule has 4 rings (SSSR count). The first kappa shape index (κ1) is 17.1. The Morgan fingerprint density at radius 1 is 1.08 bits per heavy atom. The number of benzene rings is 2. The molecule has 0 radical (unpaired) electrons.